The summed E-state index contributed by atoms with van der Waals surface area (Å²) in [6.07, 6.45) is 0. The molecule has 132 valence electrons. The molecule has 5 nitrogen and oxygen atoms in total. The first kappa shape index (κ1) is 17.1. The number of nitrogens with zero attached hydrogens (tertiary/aromatic N) is 5. The fraction of sp³-hybridized carbons (Fsp3) is 0.211. The lowest BCUT2D eigenvalue weighted by Crippen LogP contribution is -2.09. The Morgan fingerprint density at radius 1 is 1.04 bits per heavy atom. The molecular formula is C19H18ClN5S. The molecule has 2 aromatic heterocycles. The summed E-state index contributed by atoms with van der Waals surface area (Å²) in [5.41, 5.74) is 3.10. The second-order valence-electron chi connectivity index (χ2n) is 5.88. The smallest absolute Gasteiger partial charge is 0.195 e. The summed E-state index contributed by atoms with van der Waals surface area (Å²) in [5, 5.41) is 10.5. The van der Waals surface area contributed by atoms with Gasteiger partial charge in [0.05, 0.1) is 17.6 Å². The van der Waals surface area contributed by atoms with Crippen molar-refractivity contribution < 1.29 is 0 Å². The highest BCUT2D eigenvalue weighted by atomic mass is 35.5. The molecule has 0 aliphatic carbocycles. The van der Waals surface area contributed by atoms with Gasteiger partial charge in [-0.3, -0.25) is 4.57 Å². The Kier molecular flexibility index (Phi) is 4.70. The van der Waals surface area contributed by atoms with E-state index in [4.69, 9.17) is 11.6 Å². The van der Waals surface area contributed by atoms with E-state index in [1.165, 1.54) is 0 Å². The quantitative estimate of drug-likeness (QED) is 0.467. The molecule has 26 heavy (non-hydrogen) atoms. The van der Waals surface area contributed by atoms with Crippen molar-refractivity contribution in [3.05, 3.63) is 65.2 Å². The normalized spacial score (nSPS) is 11.3. The zero-order valence-corrected chi connectivity index (χ0v) is 16.1. The highest BCUT2D eigenvalue weighted by Gasteiger charge is 2.16. The molecule has 2 heterocycles. The highest BCUT2D eigenvalue weighted by molar-refractivity contribution is 7.99. The van der Waals surface area contributed by atoms with Crippen molar-refractivity contribution in [1.29, 1.82) is 0 Å². The lowest BCUT2D eigenvalue weighted by molar-refractivity contribution is 0.711. The molecule has 0 N–H and O–H groups in total. The fourth-order valence-corrected chi connectivity index (χ4v) is 3.83. The third kappa shape index (κ3) is 3.10. The van der Waals surface area contributed by atoms with E-state index in [2.05, 4.69) is 37.3 Å². The zero-order valence-electron chi connectivity index (χ0n) is 14.6. The number of hydrogen-bond acceptors (Lipinski definition) is 4. The molecule has 0 aliphatic heterocycles. The number of benzene rings is 2. The molecule has 0 radical (unpaired) electrons. The second-order valence-corrected chi connectivity index (χ2v) is 7.55. The van der Waals surface area contributed by atoms with Crippen LogP contribution >= 0.6 is 23.4 Å². The molecule has 2 aromatic carbocycles. The summed E-state index contributed by atoms with van der Waals surface area (Å²) in [7, 11) is 0. The standard InChI is InChI=1S/C19H18ClN5S/c1-3-26-19-23-22-18(25(19)15-10-8-14(20)9-11-15)12-24-13(2)21-16-6-4-5-7-17(16)24/h4-11H,3,12H2,1-2H3. The largest absolute Gasteiger partial charge is 0.320 e. The van der Waals surface area contributed by atoms with Gasteiger partial charge in [0.15, 0.2) is 11.0 Å². The molecule has 7 heteroatoms. The first-order chi connectivity index (χ1) is 12.7. The summed E-state index contributed by atoms with van der Waals surface area (Å²) in [6, 6.07) is 15.9. The zero-order chi connectivity index (χ0) is 18.1. The lowest BCUT2D eigenvalue weighted by Gasteiger charge is -2.12. The van der Waals surface area contributed by atoms with Crippen LogP contribution in [0, 0.1) is 6.92 Å². The third-order valence-electron chi connectivity index (χ3n) is 4.20. The lowest BCUT2D eigenvalue weighted by atomic mass is 10.3. The van der Waals surface area contributed by atoms with Crippen LogP contribution in [0.4, 0.5) is 0 Å². The number of aryl methyl sites for hydroxylation is 1. The number of rotatable bonds is 5. The van der Waals surface area contributed by atoms with Crippen molar-refractivity contribution in [1.82, 2.24) is 24.3 Å². The molecule has 0 saturated carbocycles. The Morgan fingerprint density at radius 3 is 2.58 bits per heavy atom. The van der Waals surface area contributed by atoms with E-state index in [-0.39, 0.29) is 0 Å². The highest BCUT2D eigenvalue weighted by Crippen LogP contribution is 2.25. The minimum Gasteiger partial charge on any atom is -0.320 e. The molecule has 4 rings (SSSR count). The number of fused-ring (bicyclic) bond motifs is 1. The predicted molar refractivity (Wildman–Crippen MR) is 106 cm³/mol. The molecule has 0 unspecified atom stereocenters. The van der Waals surface area contributed by atoms with Crippen LogP contribution in [0.3, 0.4) is 0 Å². The second kappa shape index (κ2) is 7.13. The first-order valence-corrected chi connectivity index (χ1v) is 9.78. The Labute approximate surface area is 161 Å². The molecular weight excluding hydrogens is 366 g/mol. The van der Waals surface area contributed by atoms with Crippen molar-refractivity contribution >= 4 is 34.4 Å². The van der Waals surface area contributed by atoms with E-state index in [0.29, 0.717) is 11.6 Å². The van der Waals surface area contributed by atoms with Crippen molar-refractivity contribution in [2.45, 2.75) is 25.5 Å². The maximum absolute atomic E-state index is 6.06. The number of halogens is 1. The Morgan fingerprint density at radius 2 is 1.81 bits per heavy atom. The minimum atomic E-state index is 0.603. The predicted octanol–water partition coefficient (Wildman–Crippen LogP) is 4.74. The van der Waals surface area contributed by atoms with E-state index in [0.717, 1.165) is 39.3 Å². The third-order valence-corrected chi connectivity index (χ3v) is 5.27. The fourth-order valence-electron chi connectivity index (χ4n) is 3.01. The molecule has 0 bridgehead atoms. The van der Waals surface area contributed by atoms with Crippen molar-refractivity contribution in [3.63, 3.8) is 0 Å². The Balaban J connectivity index is 1.81. The van der Waals surface area contributed by atoms with Gasteiger partial charge in [-0.25, -0.2) is 4.98 Å². The van der Waals surface area contributed by atoms with Crippen LogP contribution in [0.2, 0.25) is 5.02 Å². The van der Waals surface area contributed by atoms with Gasteiger partial charge >= 0.3 is 0 Å². The molecule has 0 amide bonds. The number of hydrogen-bond donors (Lipinski definition) is 0. The summed E-state index contributed by atoms with van der Waals surface area (Å²) in [4.78, 5) is 4.65. The monoisotopic (exact) mass is 383 g/mol. The molecule has 0 spiro atoms. The summed E-state index contributed by atoms with van der Waals surface area (Å²) >= 11 is 7.73. The van der Waals surface area contributed by atoms with Gasteiger partial charge in [0, 0.05) is 10.7 Å². The molecule has 0 aliphatic rings. The SMILES string of the molecule is CCSc1nnc(Cn2c(C)nc3ccccc32)n1-c1ccc(Cl)cc1. The number of para-hydroxylation sites is 2. The van der Waals surface area contributed by atoms with Crippen LogP contribution in [0.15, 0.2) is 53.7 Å². The van der Waals surface area contributed by atoms with Crippen molar-refractivity contribution in [2.75, 3.05) is 5.75 Å². The topological polar surface area (TPSA) is 48.5 Å². The number of imidazole rings is 1. The van der Waals surface area contributed by atoms with Crippen LogP contribution < -0.4 is 0 Å². The van der Waals surface area contributed by atoms with E-state index in [9.17, 15) is 0 Å². The van der Waals surface area contributed by atoms with Gasteiger partial charge in [0.2, 0.25) is 0 Å². The van der Waals surface area contributed by atoms with Gasteiger partial charge in [-0.1, -0.05) is 42.4 Å². The van der Waals surface area contributed by atoms with Crippen LogP contribution in [-0.4, -0.2) is 30.1 Å². The van der Waals surface area contributed by atoms with Gasteiger partial charge in [-0.05, 0) is 49.1 Å². The maximum Gasteiger partial charge on any atom is 0.195 e. The maximum atomic E-state index is 6.06. The summed E-state index contributed by atoms with van der Waals surface area (Å²) < 4.78 is 4.27. The Hall–Kier alpha value is -2.31. The van der Waals surface area contributed by atoms with E-state index < -0.39 is 0 Å². The molecule has 4 aromatic rings. The molecule has 0 atom stereocenters. The number of thioether (sulfide) groups is 1. The molecule has 0 fully saturated rings. The van der Waals surface area contributed by atoms with Gasteiger partial charge in [0.25, 0.3) is 0 Å². The first-order valence-electron chi connectivity index (χ1n) is 8.42. The van der Waals surface area contributed by atoms with Crippen molar-refractivity contribution in [2.24, 2.45) is 0 Å². The van der Waals surface area contributed by atoms with Crippen LogP contribution in [0.25, 0.3) is 16.7 Å². The van der Waals surface area contributed by atoms with Gasteiger partial charge < -0.3 is 4.57 Å². The van der Waals surface area contributed by atoms with Crippen LogP contribution in [0.1, 0.15) is 18.6 Å². The average Bonchev–Trinajstić information content (AvgIpc) is 3.18. The van der Waals surface area contributed by atoms with E-state index >= 15 is 0 Å². The average molecular weight is 384 g/mol. The van der Waals surface area contributed by atoms with Gasteiger partial charge in [0.1, 0.15) is 5.82 Å². The van der Waals surface area contributed by atoms with Gasteiger partial charge in [-0.15, -0.1) is 10.2 Å². The number of aromatic nitrogens is 5. The Bertz CT molecular complexity index is 1050. The van der Waals surface area contributed by atoms with E-state index in [1.54, 1.807) is 11.8 Å². The van der Waals surface area contributed by atoms with E-state index in [1.807, 2.05) is 49.4 Å². The summed E-state index contributed by atoms with van der Waals surface area (Å²) in [6.45, 7) is 4.73. The molecule has 0 saturated heterocycles. The van der Waals surface area contributed by atoms with Gasteiger partial charge in [-0.2, -0.15) is 0 Å². The van der Waals surface area contributed by atoms with Crippen molar-refractivity contribution in [3.8, 4) is 5.69 Å². The summed E-state index contributed by atoms with van der Waals surface area (Å²) in [5.74, 6) is 2.76. The van der Waals surface area contributed by atoms with Crippen LogP contribution in [-0.2, 0) is 6.54 Å². The minimum absolute atomic E-state index is 0.603. The van der Waals surface area contributed by atoms with Crippen LogP contribution in [0.5, 0.6) is 0 Å².